The Morgan fingerprint density at radius 1 is 1.12 bits per heavy atom. The number of rotatable bonds is 5. The minimum Gasteiger partial charge on any atom is -0.264 e. The molecule has 0 saturated carbocycles. The van der Waals surface area contributed by atoms with E-state index in [1.165, 1.54) is 16.4 Å². The summed E-state index contributed by atoms with van der Waals surface area (Å²) < 4.78 is 41.5. The van der Waals surface area contributed by atoms with Crippen LogP contribution in [-0.4, -0.2) is 13.4 Å². The molecule has 0 aliphatic heterocycles. The first kappa shape index (κ1) is 18.4. The van der Waals surface area contributed by atoms with Gasteiger partial charge < -0.3 is 0 Å². The first-order valence-corrected chi connectivity index (χ1v) is 9.63. The lowest BCUT2D eigenvalue weighted by Gasteiger charge is -2.25. The van der Waals surface area contributed by atoms with Crippen molar-refractivity contribution in [2.45, 2.75) is 18.4 Å². The first-order chi connectivity index (χ1) is 12.4. The minimum atomic E-state index is -3.98. The van der Waals surface area contributed by atoms with Crippen LogP contribution >= 0.6 is 11.6 Å². The topological polar surface area (TPSA) is 50.3 Å². The highest BCUT2D eigenvalue weighted by atomic mass is 35.5. The summed E-state index contributed by atoms with van der Waals surface area (Å²) in [5, 5.41) is 0.494. The number of benzene rings is 2. The van der Waals surface area contributed by atoms with Crippen LogP contribution in [0.25, 0.3) is 0 Å². The van der Waals surface area contributed by atoms with Crippen LogP contribution in [-0.2, 0) is 16.6 Å². The maximum Gasteiger partial charge on any atom is 0.264 e. The zero-order chi connectivity index (χ0) is 18.7. The molecule has 0 bridgehead atoms. The van der Waals surface area contributed by atoms with Crippen LogP contribution in [0.5, 0.6) is 0 Å². The lowest BCUT2D eigenvalue weighted by Crippen LogP contribution is -2.30. The van der Waals surface area contributed by atoms with Crippen molar-refractivity contribution < 1.29 is 12.8 Å². The molecule has 0 unspecified atom stereocenters. The van der Waals surface area contributed by atoms with Crippen molar-refractivity contribution in [1.82, 2.24) is 4.98 Å². The van der Waals surface area contributed by atoms with Crippen LogP contribution in [0.4, 0.5) is 10.1 Å². The molecule has 0 aliphatic carbocycles. The second kappa shape index (κ2) is 7.43. The summed E-state index contributed by atoms with van der Waals surface area (Å²) >= 11 is 5.92. The molecule has 7 heteroatoms. The number of aryl methyl sites for hydroxylation is 1. The summed E-state index contributed by atoms with van der Waals surface area (Å²) in [5.41, 5.74) is 1.52. The van der Waals surface area contributed by atoms with Crippen molar-refractivity contribution in [3.63, 3.8) is 0 Å². The standard InChI is InChI=1S/C19H16ClFN2O2S/c1-14-4-9-18(11-19(14)21)26(24,25)23(13-15-3-2-10-22-12-15)17-7-5-16(20)6-8-17/h2-12H,13H2,1H3. The molecule has 0 amide bonds. The number of aromatic nitrogens is 1. The van der Waals surface area contributed by atoms with Gasteiger partial charge in [-0.05, 0) is 60.5 Å². The number of sulfonamides is 1. The average Bonchev–Trinajstić information content (AvgIpc) is 2.63. The van der Waals surface area contributed by atoms with Crippen molar-refractivity contribution in [2.75, 3.05) is 4.31 Å². The molecule has 3 rings (SSSR count). The van der Waals surface area contributed by atoms with E-state index in [1.807, 2.05) is 0 Å². The molecule has 3 aromatic rings. The third-order valence-electron chi connectivity index (χ3n) is 3.89. The Balaban J connectivity index is 2.09. The first-order valence-electron chi connectivity index (χ1n) is 7.81. The van der Waals surface area contributed by atoms with Gasteiger partial charge in [0.15, 0.2) is 0 Å². The Morgan fingerprint density at radius 2 is 1.85 bits per heavy atom. The molecule has 26 heavy (non-hydrogen) atoms. The van der Waals surface area contributed by atoms with Crippen LogP contribution in [0.2, 0.25) is 5.02 Å². The highest BCUT2D eigenvalue weighted by molar-refractivity contribution is 7.92. The summed E-state index contributed by atoms with van der Waals surface area (Å²) in [5.74, 6) is -0.566. The highest BCUT2D eigenvalue weighted by Gasteiger charge is 2.26. The van der Waals surface area contributed by atoms with Gasteiger partial charge in [-0.15, -0.1) is 0 Å². The lowest BCUT2D eigenvalue weighted by atomic mass is 10.2. The Morgan fingerprint density at radius 3 is 2.46 bits per heavy atom. The van der Waals surface area contributed by atoms with Crippen molar-refractivity contribution in [3.05, 3.63) is 89.0 Å². The van der Waals surface area contributed by atoms with Gasteiger partial charge >= 0.3 is 0 Å². The normalized spacial score (nSPS) is 11.3. The van der Waals surface area contributed by atoms with Crippen LogP contribution in [0.15, 0.2) is 71.9 Å². The summed E-state index contributed by atoms with van der Waals surface area (Å²) in [6, 6.07) is 13.8. The zero-order valence-corrected chi connectivity index (χ0v) is 15.5. The number of halogens is 2. The minimum absolute atomic E-state index is 0.0628. The quantitative estimate of drug-likeness (QED) is 0.640. The van der Waals surface area contributed by atoms with Crippen molar-refractivity contribution in [2.24, 2.45) is 0 Å². The van der Waals surface area contributed by atoms with Gasteiger partial charge in [0.1, 0.15) is 5.82 Å². The van der Waals surface area contributed by atoms with Gasteiger partial charge in [-0.2, -0.15) is 0 Å². The Labute approximate surface area is 156 Å². The van der Waals surface area contributed by atoms with E-state index in [-0.39, 0.29) is 11.4 Å². The lowest BCUT2D eigenvalue weighted by molar-refractivity contribution is 0.584. The van der Waals surface area contributed by atoms with E-state index < -0.39 is 15.8 Å². The monoisotopic (exact) mass is 390 g/mol. The third-order valence-corrected chi connectivity index (χ3v) is 5.92. The molecule has 0 atom stereocenters. The fourth-order valence-corrected chi connectivity index (χ4v) is 4.03. The third kappa shape index (κ3) is 3.86. The molecule has 1 aromatic heterocycles. The van der Waals surface area contributed by atoms with E-state index in [1.54, 1.807) is 55.7 Å². The number of hydrogen-bond acceptors (Lipinski definition) is 3. The predicted octanol–water partition coefficient (Wildman–Crippen LogP) is 4.58. The fraction of sp³-hybridized carbons (Fsp3) is 0.105. The summed E-state index contributed by atoms with van der Waals surface area (Å²) in [6.45, 7) is 1.64. The second-order valence-corrected chi connectivity index (χ2v) is 8.06. The van der Waals surface area contributed by atoms with Gasteiger partial charge in [0.2, 0.25) is 0 Å². The Bertz CT molecular complexity index is 1010. The van der Waals surface area contributed by atoms with Gasteiger partial charge in [-0.25, -0.2) is 12.8 Å². The predicted molar refractivity (Wildman–Crippen MR) is 100 cm³/mol. The van der Waals surface area contributed by atoms with Crippen molar-refractivity contribution >= 4 is 27.3 Å². The van der Waals surface area contributed by atoms with E-state index in [9.17, 15) is 12.8 Å². The molecular formula is C19H16ClFN2O2S. The van der Waals surface area contributed by atoms with E-state index in [4.69, 9.17) is 11.6 Å². The molecule has 0 fully saturated rings. The maximum absolute atomic E-state index is 13.9. The van der Waals surface area contributed by atoms with E-state index in [2.05, 4.69) is 4.98 Å². The molecule has 0 N–H and O–H groups in total. The zero-order valence-electron chi connectivity index (χ0n) is 13.9. The highest BCUT2D eigenvalue weighted by Crippen LogP contribution is 2.28. The average molecular weight is 391 g/mol. The molecule has 0 radical (unpaired) electrons. The molecule has 0 saturated heterocycles. The van der Waals surface area contributed by atoms with E-state index in [0.717, 1.165) is 6.07 Å². The summed E-state index contributed by atoms with van der Waals surface area (Å²) in [4.78, 5) is 3.91. The summed E-state index contributed by atoms with van der Waals surface area (Å²) in [7, 11) is -3.98. The van der Waals surface area contributed by atoms with E-state index in [0.29, 0.717) is 21.8 Å². The molecule has 1 heterocycles. The van der Waals surface area contributed by atoms with Gasteiger partial charge in [0.05, 0.1) is 17.1 Å². The van der Waals surface area contributed by atoms with Crippen LogP contribution < -0.4 is 4.31 Å². The fourth-order valence-electron chi connectivity index (χ4n) is 2.44. The Hall–Kier alpha value is -2.44. The van der Waals surface area contributed by atoms with Crippen molar-refractivity contribution in [3.8, 4) is 0 Å². The molecule has 0 spiro atoms. The van der Waals surface area contributed by atoms with Crippen LogP contribution in [0, 0.1) is 12.7 Å². The van der Waals surface area contributed by atoms with Crippen LogP contribution in [0.3, 0.4) is 0 Å². The van der Waals surface area contributed by atoms with Gasteiger partial charge in [0.25, 0.3) is 10.0 Å². The smallest absolute Gasteiger partial charge is 0.264 e. The maximum atomic E-state index is 13.9. The van der Waals surface area contributed by atoms with Gasteiger partial charge in [-0.3, -0.25) is 9.29 Å². The van der Waals surface area contributed by atoms with Gasteiger partial charge in [-0.1, -0.05) is 23.7 Å². The number of pyridine rings is 1. The second-order valence-electron chi connectivity index (χ2n) is 5.76. The molecule has 2 aromatic carbocycles. The SMILES string of the molecule is Cc1ccc(S(=O)(=O)N(Cc2cccnc2)c2ccc(Cl)cc2)cc1F. The van der Waals surface area contributed by atoms with Crippen molar-refractivity contribution in [1.29, 1.82) is 0 Å². The molecule has 134 valence electrons. The molecular weight excluding hydrogens is 375 g/mol. The number of hydrogen-bond donors (Lipinski definition) is 0. The molecule has 0 aliphatic rings. The van der Waals surface area contributed by atoms with E-state index >= 15 is 0 Å². The Kier molecular flexibility index (Phi) is 5.25. The van der Waals surface area contributed by atoms with Crippen LogP contribution in [0.1, 0.15) is 11.1 Å². The molecule has 4 nitrogen and oxygen atoms in total. The van der Waals surface area contributed by atoms with Gasteiger partial charge in [0, 0.05) is 17.4 Å². The number of nitrogens with zero attached hydrogens (tertiary/aromatic N) is 2. The largest absolute Gasteiger partial charge is 0.264 e. The number of anilines is 1. The summed E-state index contributed by atoms with van der Waals surface area (Å²) in [6.07, 6.45) is 3.20.